The number of carbonyl (C=O) groups excluding carboxylic acids is 1. The molecule has 1 heterocycles. The van der Waals surface area contributed by atoms with E-state index in [-0.39, 0.29) is 35.3 Å². The monoisotopic (exact) mass is 649 g/mol. The van der Waals surface area contributed by atoms with Gasteiger partial charge in [0.2, 0.25) is 15.9 Å². The number of hydrogen-bond donors (Lipinski definition) is 2. The van der Waals surface area contributed by atoms with E-state index in [1.54, 1.807) is 24.3 Å². The van der Waals surface area contributed by atoms with Gasteiger partial charge in [-0.05, 0) is 73.0 Å². The summed E-state index contributed by atoms with van der Waals surface area (Å²) in [6.45, 7) is 0.356. The van der Waals surface area contributed by atoms with Crippen molar-refractivity contribution in [1.29, 1.82) is 0 Å². The first-order valence-corrected chi connectivity index (χ1v) is 16.0. The Morgan fingerprint density at radius 3 is 2.05 bits per heavy atom. The predicted molar refractivity (Wildman–Crippen MR) is 151 cm³/mol. The molecule has 0 aromatic heterocycles. The van der Waals surface area contributed by atoms with Crippen molar-refractivity contribution in [1.82, 2.24) is 4.31 Å². The van der Waals surface area contributed by atoms with E-state index < -0.39 is 42.7 Å². The van der Waals surface area contributed by atoms with Gasteiger partial charge in [-0.25, -0.2) is 21.1 Å². The maximum absolute atomic E-state index is 13.1. The molecule has 0 radical (unpaired) electrons. The molecule has 1 aliphatic heterocycles. The molecule has 3 aromatic rings. The number of amides is 1. The van der Waals surface area contributed by atoms with Crippen molar-refractivity contribution in [2.24, 2.45) is 5.92 Å². The number of hydrogen-bond acceptors (Lipinski definition) is 5. The third-order valence-corrected chi connectivity index (χ3v) is 10.3. The van der Waals surface area contributed by atoms with Crippen molar-refractivity contribution in [2.45, 2.75) is 29.7 Å². The maximum atomic E-state index is 13.1. The Hall–Kier alpha value is -2.84. The topological polar surface area (TPSA) is 113 Å². The Morgan fingerprint density at radius 1 is 0.878 bits per heavy atom. The zero-order chi connectivity index (χ0) is 30.0. The van der Waals surface area contributed by atoms with Crippen molar-refractivity contribution >= 4 is 60.5 Å². The average molecular weight is 651 g/mol. The van der Waals surface area contributed by atoms with Crippen LogP contribution in [0.25, 0.3) is 0 Å². The lowest BCUT2D eigenvalue weighted by atomic mass is 9.97. The number of anilines is 2. The van der Waals surface area contributed by atoms with Crippen molar-refractivity contribution in [3.8, 4) is 0 Å². The summed E-state index contributed by atoms with van der Waals surface area (Å²) in [6, 6.07) is 14.3. The molecule has 0 aliphatic carbocycles. The number of alkyl halides is 3. The van der Waals surface area contributed by atoms with E-state index in [1.165, 1.54) is 28.6 Å². The minimum atomic E-state index is -4.76. The van der Waals surface area contributed by atoms with Crippen molar-refractivity contribution in [2.75, 3.05) is 23.1 Å². The largest absolute Gasteiger partial charge is 0.417 e. The first-order chi connectivity index (χ1) is 19.1. The fourth-order valence-electron chi connectivity index (χ4n) is 4.26. The van der Waals surface area contributed by atoms with Crippen molar-refractivity contribution in [3.05, 3.63) is 87.9 Å². The SMILES string of the molecule is O=C(Nc1ccc(S(=O)(=O)Nc2ccc(Cl)c(C(F)(F)F)c2)cc1)C1CCN(S(=O)(=O)Cc2ccc(Cl)cc2)CC1. The van der Waals surface area contributed by atoms with Gasteiger partial charge in [0, 0.05) is 35.4 Å². The molecule has 1 fully saturated rings. The fourth-order valence-corrected chi connectivity index (χ4v) is 7.22. The van der Waals surface area contributed by atoms with Gasteiger partial charge in [0.15, 0.2) is 0 Å². The number of benzene rings is 3. The van der Waals surface area contributed by atoms with Crippen LogP contribution in [0.1, 0.15) is 24.0 Å². The summed E-state index contributed by atoms with van der Waals surface area (Å²) in [7, 11) is -7.82. The summed E-state index contributed by atoms with van der Waals surface area (Å²) in [5.41, 5.74) is -0.588. The molecule has 1 aliphatic rings. The fraction of sp³-hybridized carbons (Fsp3) is 0.269. The number of carbonyl (C=O) groups is 1. The van der Waals surface area contributed by atoms with E-state index in [1.807, 2.05) is 0 Å². The molecule has 0 unspecified atom stereocenters. The standard InChI is InChI=1S/C26H24Cl2F3N3O5S2/c27-19-3-1-17(2-4-19)16-40(36,37)34-13-11-18(12-14-34)25(35)32-20-5-8-22(9-6-20)41(38,39)33-21-7-10-24(28)23(15-21)26(29,30)31/h1-10,15,18,33H,11-14,16H2,(H,32,35). The van der Waals surface area contributed by atoms with Gasteiger partial charge in [-0.2, -0.15) is 13.2 Å². The quantitative estimate of drug-likeness (QED) is 0.311. The van der Waals surface area contributed by atoms with Crippen LogP contribution in [0.3, 0.4) is 0 Å². The van der Waals surface area contributed by atoms with E-state index in [2.05, 4.69) is 10.0 Å². The summed E-state index contributed by atoms with van der Waals surface area (Å²) >= 11 is 11.4. The van der Waals surface area contributed by atoms with Crippen LogP contribution in [-0.2, 0) is 36.8 Å². The molecule has 0 bridgehead atoms. The lowest BCUT2D eigenvalue weighted by Crippen LogP contribution is -2.41. The second-order valence-corrected chi connectivity index (χ2v) is 13.9. The molecule has 1 amide bonds. The lowest BCUT2D eigenvalue weighted by molar-refractivity contribution is -0.137. The summed E-state index contributed by atoms with van der Waals surface area (Å²) in [5.74, 6) is -0.962. The van der Waals surface area contributed by atoms with Crippen LogP contribution in [-0.4, -0.2) is 40.1 Å². The number of nitrogens with zero attached hydrogens (tertiary/aromatic N) is 1. The Morgan fingerprint density at radius 2 is 1.46 bits per heavy atom. The molecule has 41 heavy (non-hydrogen) atoms. The van der Waals surface area contributed by atoms with Crippen molar-refractivity contribution in [3.63, 3.8) is 0 Å². The molecular weight excluding hydrogens is 626 g/mol. The molecule has 8 nitrogen and oxygen atoms in total. The van der Waals surface area contributed by atoms with Crippen LogP contribution in [0.4, 0.5) is 24.5 Å². The Labute approximate surface area is 245 Å². The zero-order valence-electron chi connectivity index (χ0n) is 21.2. The summed E-state index contributed by atoms with van der Waals surface area (Å²) in [6.07, 6.45) is -4.15. The first-order valence-electron chi connectivity index (χ1n) is 12.2. The predicted octanol–water partition coefficient (Wildman–Crippen LogP) is 5.99. The van der Waals surface area contributed by atoms with Gasteiger partial charge >= 0.3 is 6.18 Å². The molecular formula is C26H24Cl2F3N3O5S2. The molecule has 3 aromatic carbocycles. The maximum Gasteiger partial charge on any atom is 0.417 e. The minimum Gasteiger partial charge on any atom is -0.326 e. The van der Waals surface area contributed by atoms with Crippen LogP contribution >= 0.6 is 23.2 Å². The minimum absolute atomic E-state index is 0.174. The third kappa shape index (κ3) is 7.92. The second-order valence-electron chi connectivity index (χ2n) is 9.37. The molecule has 0 atom stereocenters. The van der Waals surface area contributed by atoms with E-state index in [4.69, 9.17) is 23.2 Å². The van der Waals surface area contributed by atoms with Gasteiger partial charge in [-0.15, -0.1) is 0 Å². The second kappa shape index (κ2) is 12.2. The highest BCUT2D eigenvalue weighted by Crippen LogP contribution is 2.36. The van der Waals surface area contributed by atoms with Crippen LogP contribution < -0.4 is 10.0 Å². The van der Waals surface area contributed by atoms with E-state index in [0.717, 1.165) is 12.1 Å². The van der Waals surface area contributed by atoms with Crippen molar-refractivity contribution < 1.29 is 34.8 Å². The van der Waals surface area contributed by atoms with Gasteiger partial charge in [0.25, 0.3) is 10.0 Å². The van der Waals surface area contributed by atoms with Gasteiger partial charge in [0.1, 0.15) is 0 Å². The smallest absolute Gasteiger partial charge is 0.326 e. The molecule has 4 rings (SSSR count). The highest BCUT2D eigenvalue weighted by molar-refractivity contribution is 7.92. The third-order valence-electron chi connectivity index (χ3n) is 6.44. The average Bonchev–Trinajstić information content (AvgIpc) is 2.90. The van der Waals surface area contributed by atoms with E-state index in [0.29, 0.717) is 35.2 Å². The molecule has 2 N–H and O–H groups in total. The number of piperidine rings is 1. The Kier molecular flexibility index (Phi) is 9.24. The van der Waals surface area contributed by atoms with Crippen LogP contribution in [0, 0.1) is 5.92 Å². The summed E-state index contributed by atoms with van der Waals surface area (Å²) < 4.78 is 93.7. The molecule has 0 spiro atoms. The van der Waals surface area contributed by atoms with Crippen LogP contribution in [0.5, 0.6) is 0 Å². The zero-order valence-corrected chi connectivity index (χ0v) is 24.3. The van der Waals surface area contributed by atoms with Crippen LogP contribution in [0.15, 0.2) is 71.6 Å². The van der Waals surface area contributed by atoms with E-state index in [9.17, 15) is 34.8 Å². The Bertz CT molecular complexity index is 1630. The Balaban J connectivity index is 1.33. The highest BCUT2D eigenvalue weighted by Gasteiger charge is 2.34. The van der Waals surface area contributed by atoms with E-state index >= 15 is 0 Å². The van der Waals surface area contributed by atoms with Gasteiger partial charge in [-0.3, -0.25) is 9.52 Å². The number of halogens is 5. The molecule has 0 saturated carbocycles. The number of sulfonamides is 2. The molecule has 220 valence electrons. The molecule has 1 saturated heterocycles. The normalized spacial score (nSPS) is 15.4. The van der Waals surface area contributed by atoms with Crippen LogP contribution in [0.2, 0.25) is 10.0 Å². The highest BCUT2D eigenvalue weighted by atomic mass is 35.5. The molecule has 15 heteroatoms. The lowest BCUT2D eigenvalue weighted by Gasteiger charge is -2.30. The van der Waals surface area contributed by atoms with Gasteiger partial charge in [0.05, 0.1) is 21.2 Å². The summed E-state index contributed by atoms with van der Waals surface area (Å²) in [5, 5.41) is 2.64. The number of rotatable bonds is 8. The number of nitrogens with one attached hydrogen (secondary N) is 2. The summed E-state index contributed by atoms with van der Waals surface area (Å²) in [4.78, 5) is 12.5. The van der Waals surface area contributed by atoms with Gasteiger partial charge in [-0.1, -0.05) is 35.3 Å². The van der Waals surface area contributed by atoms with Gasteiger partial charge < -0.3 is 5.32 Å². The first kappa shape index (κ1) is 31.1.